The van der Waals surface area contributed by atoms with Crippen LogP contribution in [0.2, 0.25) is 0 Å². The molecule has 0 amide bonds. The van der Waals surface area contributed by atoms with E-state index in [9.17, 15) is 0 Å². The molecule has 1 heterocycles. The van der Waals surface area contributed by atoms with E-state index in [4.69, 9.17) is 4.74 Å². The van der Waals surface area contributed by atoms with Crippen molar-refractivity contribution in [2.45, 2.75) is 26.3 Å². The Morgan fingerprint density at radius 3 is 2.65 bits per heavy atom. The summed E-state index contributed by atoms with van der Waals surface area (Å²) >= 11 is 3.45. The predicted molar refractivity (Wildman–Crippen MR) is 85.3 cm³/mol. The number of nitrogens with one attached hydrogen (secondary N) is 1. The van der Waals surface area contributed by atoms with Crippen molar-refractivity contribution in [3.8, 4) is 11.5 Å². The Hall–Kier alpha value is -1.39. The molecule has 106 valence electrons. The summed E-state index contributed by atoms with van der Waals surface area (Å²) in [4.78, 5) is 4.47. The van der Waals surface area contributed by atoms with Crippen molar-refractivity contribution in [3.63, 3.8) is 0 Å². The zero-order valence-corrected chi connectivity index (χ0v) is 13.6. The number of hydrogen-bond acceptors (Lipinski definition) is 3. The van der Waals surface area contributed by atoms with Crippen LogP contribution in [0.4, 0.5) is 0 Å². The van der Waals surface area contributed by atoms with Crippen LogP contribution in [0.15, 0.2) is 41.0 Å². The molecule has 1 aromatic carbocycles. The Labute approximate surface area is 128 Å². The van der Waals surface area contributed by atoms with Gasteiger partial charge in [-0.25, -0.2) is 0 Å². The molecule has 0 saturated carbocycles. The first-order chi connectivity index (χ1) is 9.63. The Morgan fingerprint density at radius 2 is 2.10 bits per heavy atom. The molecule has 4 heteroatoms. The molecular weight excluding hydrogens is 316 g/mol. The maximum Gasteiger partial charge on any atom is 0.145 e. The summed E-state index contributed by atoms with van der Waals surface area (Å²) in [6, 6.07) is 10.2. The van der Waals surface area contributed by atoms with Crippen LogP contribution >= 0.6 is 15.9 Å². The van der Waals surface area contributed by atoms with Crippen LogP contribution in [-0.4, -0.2) is 12.0 Å². The van der Waals surface area contributed by atoms with Gasteiger partial charge in [-0.1, -0.05) is 22.9 Å². The molecule has 2 rings (SSSR count). The molecular formula is C16H19BrN2O. The van der Waals surface area contributed by atoms with Crippen molar-refractivity contribution in [1.82, 2.24) is 10.3 Å². The van der Waals surface area contributed by atoms with Crippen LogP contribution in [0.1, 0.15) is 30.6 Å². The minimum atomic E-state index is 0.290. The highest BCUT2D eigenvalue weighted by atomic mass is 79.9. The lowest BCUT2D eigenvalue weighted by molar-refractivity contribution is 0.474. The van der Waals surface area contributed by atoms with Crippen molar-refractivity contribution in [2.75, 3.05) is 7.05 Å². The van der Waals surface area contributed by atoms with E-state index in [0.717, 1.165) is 33.6 Å². The minimum Gasteiger partial charge on any atom is -0.455 e. The van der Waals surface area contributed by atoms with E-state index >= 15 is 0 Å². The summed E-state index contributed by atoms with van der Waals surface area (Å²) in [6.07, 6.45) is 2.78. The van der Waals surface area contributed by atoms with Gasteiger partial charge in [-0.3, -0.25) is 4.98 Å². The lowest BCUT2D eigenvalue weighted by Gasteiger charge is -2.14. The van der Waals surface area contributed by atoms with Gasteiger partial charge in [-0.05, 0) is 56.3 Å². The summed E-state index contributed by atoms with van der Waals surface area (Å²) in [7, 11) is 1.95. The van der Waals surface area contributed by atoms with Crippen LogP contribution in [0, 0.1) is 6.92 Å². The number of aryl methyl sites for hydroxylation is 1. The number of ether oxygens (including phenoxy) is 1. The van der Waals surface area contributed by atoms with Crippen LogP contribution in [0.25, 0.3) is 0 Å². The molecule has 0 aliphatic carbocycles. The van der Waals surface area contributed by atoms with Gasteiger partial charge in [0.05, 0.1) is 11.9 Å². The van der Waals surface area contributed by atoms with Crippen molar-refractivity contribution in [3.05, 3.63) is 52.3 Å². The van der Waals surface area contributed by atoms with Crippen LogP contribution < -0.4 is 10.1 Å². The van der Waals surface area contributed by atoms with Crippen LogP contribution in [0.3, 0.4) is 0 Å². The third-order valence-electron chi connectivity index (χ3n) is 3.24. The molecule has 1 unspecified atom stereocenters. The van der Waals surface area contributed by atoms with E-state index < -0.39 is 0 Å². The van der Waals surface area contributed by atoms with Crippen molar-refractivity contribution >= 4 is 15.9 Å². The quantitative estimate of drug-likeness (QED) is 0.866. The third-order valence-corrected chi connectivity index (χ3v) is 3.73. The van der Waals surface area contributed by atoms with E-state index in [1.165, 1.54) is 0 Å². The van der Waals surface area contributed by atoms with Gasteiger partial charge in [-0.2, -0.15) is 0 Å². The van der Waals surface area contributed by atoms with E-state index in [0.29, 0.717) is 6.04 Å². The lowest BCUT2D eigenvalue weighted by atomic mass is 10.1. The lowest BCUT2D eigenvalue weighted by Crippen LogP contribution is -2.16. The Balaban J connectivity index is 2.14. The molecule has 1 atom stereocenters. The molecule has 0 fully saturated rings. The summed E-state index contributed by atoms with van der Waals surface area (Å²) < 4.78 is 6.91. The number of aromatic nitrogens is 1. The summed E-state index contributed by atoms with van der Waals surface area (Å²) in [6.45, 7) is 4.16. The highest BCUT2D eigenvalue weighted by Crippen LogP contribution is 2.27. The zero-order chi connectivity index (χ0) is 14.5. The normalized spacial score (nSPS) is 12.2. The first-order valence-electron chi connectivity index (χ1n) is 6.71. The fraction of sp³-hybridized carbons (Fsp3) is 0.312. The minimum absolute atomic E-state index is 0.290. The van der Waals surface area contributed by atoms with Crippen molar-refractivity contribution in [1.29, 1.82) is 0 Å². The van der Waals surface area contributed by atoms with Gasteiger partial charge >= 0.3 is 0 Å². The van der Waals surface area contributed by atoms with Gasteiger partial charge < -0.3 is 10.1 Å². The predicted octanol–water partition coefficient (Wildman–Crippen LogP) is 4.62. The molecule has 1 N–H and O–H groups in total. The van der Waals surface area contributed by atoms with Crippen molar-refractivity contribution in [2.24, 2.45) is 0 Å². The first kappa shape index (κ1) is 15.0. The Morgan fingerprint density at radius 1 is 1.30 bits per heavy atom. The first-order valence-corrected chi connectivity index (χ1v) is 7.50. The van der Waals surface area contributed by atoms with Gasteiger partial charge in [0.15, 0.2) is 0 Å². The fourth-order valence-electron chi connectivity index (χ4n) is 2.07. The van der Waals surface area contributed by atoms with Gasteiger partial charge in [0.25, 0.3) is 0 Å². The van der Waals surface area contributed by atoms with Gasteiger partial charge in [0.2, 0.25) is 0 Å². The number of nitrogens with zero attached hydrogens (tertiary/aromatic N) is 1. The number of halogens is 1. The Bertz CT molecular complexity index is 565. The molecule has 0 bridgehead atoms. The van der Waals surface area contributed by atoms with E-state index in [1.54, 1.807) is 6.20 Å². The smallest absolute Gasteiger partial charge is 0.145 e. The molecule has 20 heavy (non-hydrogen) atoms. The topological polar surface area (TPSA) is 34.1 Å². The average Bonchev–Trinajstić information content (AvgIpc) is 2.45. The second kappa shape index (κ2) is 6.86. The van der Waals surface area contributed by atoms with E-state index in [-0.39, 0.29) is 0 Å². The number of pyridine rings is 1. The second-order valence-corrected chi connectivity index (χ2v) is 5.60. The molecule has 0 aliphatic heterocycles. The molecule has 0 saturated heterocycles. The number of benzene rings is 1. The third kappa shape index (κ3) is 3.58. The standard InChI is InChI=1S/C16H19BrN2O/c1-4-14(18-3)15-7-6-13(10-19-15)20-16-8-5-12(17)9-11(16)2/h5-10,14,18H,4H2,1-3H3. The molecule has 0 radical (unpaired) electrons. The monoisotopic (exact) mass is 334 g/mol. The van der Waals surface area contributed by atoms with Crippen molar-refractivity contribution < 1.29 is 4.74 Å². The molecule has 2 aromatic rings. The maximum absolute atomic E-state index is 5.86. The van der Waals surface area contributed by atoms with Gasteiger partial charge in [0, 0.05) is 10.5 Å². The zero-order valence-electron chi connectivity index (χ0n) is 12.0. The highest BCUT2D eigenvalue weighted by molar-refractivity contribution is 9.10. The second-order valence-electron chi connectivity index (χ2n) is 4.68. The van der Waals surface area contributed by atoms with Crippen LogP contribution in [0.5, 0.6) is 11.5 Å². The van der Waals surface area contributed by atoms with E-state index in [1.807, 2.05) is 44.3 Å². The molecule has 3 nitrogen and oxygen atoms in total. The number of rotatable bonds is 5. The Kier molecular flexibility index (Phi) is 5.15. The van der Waals surface area contributed by atoms with E-state index in [2.05, 4.69) is 33.2 Å². The molecule has 0 aliphatic rings. The molecule has 1 aromatic heterocycles. The summed E-state index contributed by atoms with van der Waals surface area (Å²) in [5.74, 6) is 1.61. The summed E-state index contributed by atoms with van der Waals surface area (Å²) in [5.41, 5.74) is 2.12. The van der Waals surface area contributed by atoms with Crippen LogP contribution in [-0.2, 0) is 0 Å². The van der Waals surface area contributed by atoms with Gasteiger partial charge in [0.1, 0.15) is 11.5 Å². The van der Waals surface area contributed by atoms with Gasteiger partial charge in [-0.15, -0.1) is 0 Å². The highest BCUT2D eigenvalue weighted by Gasteiger charge is 2.08. The largest absolute Gasteiger partial charge is 0.455 e. The fourth-order valence-corrected chi connectivity index (χ4v) is 2.55. The maximum atomic E-state index is 5.86. The molecule has 0 spiro atoms. The number of hydrogen-bond donors (Lipinski definition) is 1. The average molecular weight is 335 g/mol. The summed E-state index contributed by atoms with van der Waals surface area (Å²) in [5, 5.41) is 3.24. The SMILES string of the molecule is CCC(NC)c1ccc(Oc2ccc(Br)cc2C)cn1.